The molecule has 1 unspecified atom stereocenters. The summed E-state index contributed by atoms with van der Waals surface area (Å²) in [5.41, 5.74) is -0.667. The Kier molecular flexibility index (Phi) is 4.92. The predicted molar refractivity (Wildman–Crippen MR) is 64.6 cm³/mol. The third kappa shape index (κ3) is 4.79. The summed E-state index contributed by atoms with van der Waals surface area (Å²) >= 11 is 0. The van der Waals surface area contributed by atoms with Crippen LogP contribution in [-0.4, -0.2) is 45.4 Å². The summed E-state index contributed by atoms with van der Waals surface area (Å²) in [6, 6.07) is 0. The highest BCUT2D eigenvalue weighted by molar-refractivity contribution is 7.87. The van der Waals surface area contributed by atoms with Crippen molar-refractivity contribution in [1.82, 2.24) is 0 Å². The zero-order valence-corrected chi connectivity index (χ0v) is 12.0. The molecule has 0 aromatic rings. The van der Waals surface area contributed by atoms with E-state index in [0.29, 0.717) is 6.42 Å². The van der Waals surface area contributed by atoms with Crippen molar-refractivity contribution in [3.63, 3.8) is 0 Å². The summed E-state index contributed by atoms with van der Waals surface area (Å²) in [5.74, 6) is -1.65. The molecule has 0 amide bonds. The highest BCUT2D eigenvalue weighted by atomic mass is 32.2. The molecule has 1 aliphatic rings. The van der Waals surface area contributed by atoms with Crippen LogP contribution in [0.5, 0.6) is 0 Å². The van der Waals surface area contributed by atoms with Crippen LogP contribution in [-0.2, 0) is 33.4 Å². The fraction of sp³-hybridized carbons (Fsp3) is 0.818. The molecule has 0 aliphatic carbocycles. The molecule has 0 saturated carbocycles. The molecule has 19 heavy (non-hydrogen) atoms. The molecular weight excluding hydrogens is 276 g/mol. The molecule has 1 rings (SSSR count). The van der Waals surface area contributed by atoms with E-state index in [0.717, 1.165) is 0 Å². The highest BCUT2D eigenvalue weighted by Crippen LogP contribution is 2.21. The van der Waals surface area contributed by atoms with Crippen LogP contribution in [0.25, 0.3) is 0 Å². The average Bonchev–Trinajstić information content (AvgIpc) is 2.65. The van der Waals surface area contributed by atoms with Crippen LogP contribution in [0, 0.1) is 5.41 Å². The lowest BCUT2D eigenvalue weighted by atomic mass is 9.91. The van der Waals surface area contributed by atoms with Gasteiger partial charge in [-0.05, 0) is 20.3 Å². The summed E-state index contributed by atoms with van der Waals surface area (Å²) in [7, 11) is -3.58. The number of esters is 2. The van der Waals surface area contributed by atoms with Gasteiger partial charge in [0.1, 0.15) is 18.5 Å². The van der Waals surface area contributed by atoms with Crippen molar-refractivity contribution < 1.29 is 31.7 Å². The van der Waals surface area contributed by atoms with Crippen molar-refractivity contribution in [2.75, 3.05) is 19.0 Å². The molecule has 8 heteroatoms. The van der Waals surface area contributed by atoms with Crippen molar-refractivity contribution in [3.05, 3.63) is 0 Å². The fourth-order valence-corrected chi connectivity index (χ4v) is 2.33. The summed E-state index contributed by atoms with van der Waals surface area (Å²) in [6.07, 6.45) is -0.259. The van der Waals surface area contributed by atoms with Gasteiger partial charge in [-0.25, -0.2) is 4.79 Å². The van der Waals surface area contributed by atoms with Gasteiger partial charge >= 0.3 is 11.9 Å². The van der Waals surface area contributed by atoms with E-state index >= 15 is 0 Å². The zero-order chi connectivity index (χ0) is 14.7. The van der Waals surface area contributed by atoms with E-state index in [1.807, 2.05) is 6.92 Å². The minimum absolute atomic E-state index is 0.192. The second kappa shape index (κ2) is 5.87. The lowest BCUT2D eigenvalue weighted by Crippen LogP contribution is -2.30. The van der Waals surface area contributed by atoms with Crippen LogP contribution >= 0.6 is 0 Å². The molecule has 1 fully saturated rings. The van der Waals surface area contributed by atoms with Crippen LogP contribution in [0.2, 0.25) is 0 Å². The topological polar surface area (TPSA) is 96.0 Å². The summed E-state index contributed by atoms with van der Waals surface area (Å²) in [6.45, 7) is 4.53. The molecule has 0 bridgehead atoms. The summed E-state index contributed by atoms with van der Waals surface area (Å²) in [5, 5.41) is 0. The Hall–Kier alpha value is -1.15. The van der Waals surface area contributed by atoms with Crippen LogP contribution in [0.1, 0.15) is 27.2 Å². The number of carbonyl (C=O) groups excluding carboxylic acids is 2. The Labute approximate surface area is 112 Å². The lowest BCUT2D eigenvalue weighted by Gasteiger charge is -2.20. The first-order valence-corrected chi connectivity index (χ1v) is 7.48. The molecule has 1 atom stereocenters. The monoisotopic (exact) mass is 294 g/mol. The van der Waals surface area contributed by atoms with Gasteiger partial charge in [-0.15, -0.1) is 0 Å². The van der Waals surface area contributed by atoms with Gasteiger partial charge in [-0.1, -0.05) is 6.92 Å². The van der Waals surface area contributed by atoms with Gasteiger partial charge in [0.2, 0.25) is 0 Å². The molecular formula is C11H18O7S. The normalized spacial score (nSPS) is 21.9. The van der Waals surface area contributed by atoms with E-state index in [9.17, 15) is 18.0 Å². The number of carbonyl (C=O) groups is 2. The first-order chi connectivity index (χ1) is 8.66. The summed E-state index contributed by atoms with van der Waals surface area (Å²) in [4.78, 5) is 23.0. The molecule has 1 aliphatic heterocycles. The predicted octanol–water partition coefficient (Wildman–Crippen LogP) is 0.238. The van der Waals surface area contributed by atoms with E-state index < -0.39 is 40.2 Å². The van der Waals surface area contributed by atoms with Gasteiger partial charge in [-0.3, -0.25) is 8.98 Å². The van der Waals surface area contributed by atoms with Crippen molar-refractivity contribution in [3.8, 4) is 0 Å². The number of hydrogen-bond acceptors (Lipinski definition) is 7. The summed E-state index contributed by atoms with van der Waals surface area (Å²) < 4.78 is 36.0. The maximum absolute atomic E-state index is 11.6. The molecule has 110 valence electrons. The molecule has 0 aromatic heterocycles. The van der Waals surface area contributed by atoms with Gasteiger partial charge in [0, 0.05) is 0 Å². The second-order valence-corrected chi connectivity index (χ2v) is 6.62. The minimum Gasteiger partial charge on any atom is -0.456 e. The number of ether oxygens (including phenoxy) is 2. The maximum atomic E-state index is 11.6. The van der Waals surface area contributed by atoms with E-state index in [2.05, 4.69) is 4.18 Å². The minimum atomic E-state index is -3.58. The molecule has 0 N–H and O–H groups in total. The van der Waals surface area contributed by atoms with Gasteiger partial charge in [-0.2, -0.15) is 8.42 Å². The van der Waals surface area contributed by atoms with Crippen molar-refractivity contribution in [2.45, 2.75) is 33.3 Å². The van der Waals surface area contributed by atoms with Gasteiger partial charge in [0.15, 0.2) is 6.61 Å². The van der Waals surface area contributed by atoms with E-state index in [4.69, 9.17) is 9.47 Å². The first-order valence-electron chi connectivity index (χ1n) is 5.90. The lowest BCUT2D eigenvalue weighted by molar-refractivity contribution is -0.167. The quantitative estimate of drug-likeness (QED) is 0.529. The van der Waals surface area contributed by atoms with Gasteiger partial charge < -0.3 is 9.47 Å². The van der Waals surface area contributed by atoms with E-state index in [1.54, 1.807) is 13.8 Å². The maximum Gasteiger partial charge on any atom is 0.344 e. The third-order valence-electron chi connectivity index (χ3n) is 2.88. The standard InChI is InChI=1S/C11H18O7S/c1-4-11(2,3)10(13)16-6-9(12)18-8-5-17-19(14,15)7-8/h8H,4-7H2,1-3H3. The van der Waals surface area contributed by atoms with Crippen molar-refractivity contribution in [1.29, 1.82) is 0 Å². The Bertz CT molecular complexity index is 452. The van der Waals surface area contributed by atoms with E-state index in [-0.39, 0.29) is 12.4 Å². The molecule has 0 aromatic carbocycles. The van der Waals surface area contributed by atoms with Crippen LogP contribution in [0.15, 0.2) is 0 Å². The van der Waals surface area contributed by atoms with Gasteiger partial charge in [0.25, 0.3) is 10.1 Å². The van der Waals surface area contributed by atoms with Crippen molar-refractivity contribution in [2.24, 2.45) is 5.41 Å². The molecule has 1 heterocycles. The largest absolute Gasteiger partial charge is 0.456 e. The molecule has 7 nitrogen and oxygen atoms in total. The Balaban J connectivity index is 2.35. The van der Waals surface area contributed by atoms with Crippen LogP contribution in [0.4, 0.5) is 0 Å². The number of rotatable bonds is 5. The highest BCUT2D eigenvalue weighted by Gasteiger charge is 2.33. The second-order valence-electron chi connectivity index (χ2n) is 4.93. The van der Waals surface area contributed by atoms with Gasteiger partial charge in [0.05, 0.1) is 5.41 Å². The van der Waals surface area contributed by atoms with E-state index in [1.165, 1.54) is 0 Å². The fourth-order valence-electron chi connectivity index (χ4n) is 1.26. The Morgan fingerprint density at radius 3 is 2.47 bits per heavy atom. The number of hydrogen-bond donors (Lipinski definition) is 0. The molecule has 1 saturated heterocycles. The Morgan fingerprint density at radius 1 is 1.37 bits per heavy atom. The first kappa shape index (κ1) is 15.9. The third-order valence-corrected chi connectivity index (χ3v) is 4.15. The van der Waals surface area contributed by atoms with Crippen LogP contribution in [0.3, 0.4) is 0 Å². The molecule has 0 radical (unpaired) electrons. The smallest absolute Gasteiger partial charge is 0.344 e. The Morgan fingerprint density at radius 2 is 2.00 bits per heavy atom. The molecule has 0 spiro atoms. The van der Waals surface area contributed by atoms with Crippen LogP contribution < -0.4 is 0 Å². The SMILES string of the molecule is CCC(C)(C)C(=O)OCC(=O)OC1COS(=O)(=O)C1. The zero-order valence-electron chi connectivity index (χ0n) is 11.2. The average molecular weight is 294 g/mol. The van der Waals surface area contributed by atoms with Crippen molar-refractivity contribution >= 4 is 22.1 Å².